The molecule has 0 aromatic rings. The highest BCUT2D eigenvalue weighted by atomic mass is 16.3. The molecule has 64 valence electrons. The lowest BCUT2D eigenvalue weighted by atomic mass is 9.82. The van der Waals surface area contributed by atoms with Gasteiger partial charge in [-0.1, -0.05) is 11.1 Å². The van der Waals surface area contributed by atoms with E-state index in [0.29, 0.717) is 5.92 Å². The number of hydrogen-bond acceptors (Lipinski definition) is 1. The molecular formula is C10H18O. The molecule has 0 spiro atoms. The maximum Gasteiger partial charge on any atom is 0.0543 e. The molecule has 0 amide bonds. The zero-order chi connectivity index (χ0) is 8.43. The van der Waals surface area contributed by atoms with Crippen LogP contribution in [0, 0.1) is 5.92 Å². The maximum atomic E-state index is 9.36. The Morgan fingerprint density at radius 2 is 2.00 bits per heavy atom. The second-order valence-electron chi connectivity index (χ2n) is 3.80. The average molecular weight is 154 g/mol. The fourth-order valence-corrected chi connectivity index (χ4v) is 1.70. The first-order valence-electron chi connectivity index (χ1n) is 4.44. The van der Waals surface area contributed by atoms with Gasteiger partial charge in [0.05, 0.1) is 6.10 Å². The minimum Gasteiger partial charge on any atom is -0.393 e. The quantitative estimate of drug-likeness (QED) is 0.575. The van der Waals surface area contributed by atoms with Gasteiger partial charge in [0.1, 0.15) is 0 Å². The summed E-state index contributed by atoms with van der Waals surface area (Å²) in [6.45, 7) is 6.29. The second-order valence-corrected chi connectivity index (χ2v) is 3.80. The van der Waals surface area contributed by atoms with Crippen LogP contribution in [-0.4, -0.2) is 11.2 Å². The maximum absolute atomic E-state index is 9.36. The van der Waals surface area contributed by atoms with Crippen LogP contribution < -0.4 is 0 Å². The number of rotatable bonds is 1. The third kappa shape index (κ3) is 2.06. The Morgan fingerprint density at radius 3 is 2.45 bits per heavy atom. The summed E-state index contributed by atoms with van der Waals surface area (Å²) in [5.41, 5.74) is 3.02. The summed E-state index contributed by atoms with van der Waals surface area (Å²) in [5, 5.41) is 9.36. The van der Waals surface area contributed by atoms with E-state index >= 15 is 0 Å². The van der Waals surface area contributed by atoms with E-state index in [1.807, 2.05) is 6.92 Å². The van der Waals surface area contributed by atoms with E-state index in [4.69, 9.17) is 0 Å². The smallest absolute Gasteiger partial charge is 0.0543 e. The van der Waals surface area contributed by atoms with E-state index in [2.05, 4.69) is 13.8 Å². The number of hydrogen-bond donors (Lipinski definition) is 1. The molecule has 0 saturated carbocycles. The molecule has 0 radical (unpaired) electrons. The minimum absolute atomic E-state index is 0.127. The standard InChI is InChI=1S/C10H18O/c1-7-4-5-10(9(3)11)6-8(7)2/h9-11H,4-6H2,1-3H3. The monoisotopic (exact) mass is 154 g/mol. The number of allylic oxidation sites excluding steroid dienone is 2. The molecule has 0 bridgehead atoms. The molecule has 0 aliphatic heterocycles. The average Bonchev–Trinajstić information content (AvgIpc) is 1.94. The summed E-state index contributed by atoms with van der Waals surface area (Å²) in [7, 11) is 0. The molecule has 2 atom stereocenters. The Balaban J connectivity index is 2.57. The highest BCUT2D eigenvalue weighted by Gasteiger charge is 2.19. The molecule has 2 unspecified atom stereocenters. The Kier molecular flexibility index (Phi) is 2.72. The van der Waals surface area contributed by atoms with Crippen molar-refractivity contribution in [3.8, 4) is 0 Å². The lowest BCUT2D eigenvalue weighted by Crippen LogP contribution is -2.20. The molecule has 1 rings (SSSR count). The Morgan fingerprint density at radius 1 is 1.36 bits per heavy atom. The van der Waals surface area contributed by atoms with E-state index in [0.717, 1.165) is 6.42 Å². The fourth-order valence-electron chi connectivity index (χ4n) is 1.70. The van der Waals surface area contributed by atoms with Crippen LogP contribution in [0.15, 0.2) is 11.1 Å². The summed E-state index contributed by atoms with van der Waals surface area (Å²) < 4.78 is 0. The van der Waals surface area contributed by atoms with Crippen molar-refractivity contribution in [1.29, 1.82) is 0 Å². The molecule has 0 heterocycles. The SMILES string of the molecule is CC1=C(C)CC(C(C)O)CC1. The minimum atomic E-state index is -0.127. The predicted molar refractivity (Wildman–Crippen MR) is 47.4 cm³/mol. The van der Waals surface area contributed by atoms with Crippen molar-refractivity contribution in [3.63, 3.8) is 0 Å². The third-order valence-corrected chi connectivity index (χ3v) is 2.87. The van der Waals surface area contributed by atoms with E-state index < -0.39 is 0 Å². The van der Waals surface area contributed by atoms with Crippen molar-refractivity contribution >= 4 is 0 Å². The van der Waals surface area contributed by atoms with Crippen LogP contribution in [0.3, 0.4) is 0 Å². The van der Waals surface area contributed by atoms with E-state index in [-0.39, 0.29) is 6.10 Å². The highest BCUT2D eigenvalue weighted by molar-refractivity contribution is 5.13. The van der Waals surface area contributed by atoms with E-state index in [1.165, 1.54) is 24.0 Å². The van der Waals surface area contributed by atoms with Crippen molar-refractivity contribution < 1.29 is 5.11 Å². The van der Waals surface area contributed by atoms with Crippen molar-refractivity contribution in [2.45, 2.75) is 46.1 Å². The van der Waals surface area contributed by atoms with E-state index in [1.54, 1.807) is 0 Å². The van der Waals surface area contributed by atoms with Gasteiger partial charge in [0.25, 0.3) is 0 Å². The predicted octanol–water partition coefficient (Wildman–Crippen LogP) is 2.50. The summed E-state index contributed by atoms with van der Waals surface area (Å²) >= 11 is 0. The van der Waals surface area contributed by atoms with Gasteiger partial charge in [-0.3, -0.25) is 0 Å². The zero-order valence-electron chi connectivity index (χ0n) is 7.72. The summed E-state index contributed by atoms with van der Waals surface area (Å²) in [6.07, 6.45) is 3.32. The Bertz CT molecular complexity index is 168. The van der Waals surface area contributed by atoms with Crippen LogP contribution in [0.2, 0.25) is 0 Å². The van der Waals surface area contributed by atoms with Crippen LogP contribution in [0.1, 0.15) is 40.0 Å². The van der Waals surface area contributed by atoms with Gasteiger partial charge in [0, 0.05) is 0 Å². The van der Waals surface area contributed by atoms with Gasteiger partial charge in [-0.2, -0.15) is 0 Å². The normalized spacial score (nSPS) is 28.9. The van der Waals surface area contributed by atoms with Gasteiger partial charge < -0.3 is 5.11 Å². The molecule has 11 heavy (non-hydrogen) atoms. The molecule has 1 nitrogen and oxygen atoms in total. The first-order chi connectivity index (χ1) is 5.11. The highest BCUT2D eigenvalue weighted by Crippen LogP contribution is 2.30. The fraction of sp³-hybridized carbons (Fsp3) is 0.800. The van der Waals surface area contributed by atoms with Crippen LogP contribution in [0.25, 0.3) is 0 Å². The van der Waals surface area contributed by atoms with E-state index in [9.17, 15) is 5.11 Å². The Labute approximate surface area is 69.1 Å². The zero-order valence-corrected chi connectivity index (χ0v) is 7.72. The largest absolute Gasteiger partial charge is 0.393 e. The van der Waals surface area contributed by atoms with Crippen LogP contribution in [0.4, 0.5) is 0 Å². The second kappa shape index (κ2) is 3.40. The topological polar surface area (TPSA) is 20.2 Å². The molecule has 0 saturated heterocycles. The first kappa shape index (κ1) is 8.79. The summed E-state index contributed by atoms with van der Waals surface area (Å²) in [5.74, 6) is 0.513. The third-order valence-electron chi connectivity index (χ3n) is 2.87. The van der Waals surface area contributed by atoms with Gasteiger partial charge >= 0.3 is 0 Å². The van der Waals surface area contributed by atoms with Crippen molar-refractivity contribution in [2.75, 3.05) is 0 Å². The molecule has 1 aliphatic rings. The van der Waals surface area contributed by atoms with Crippen LogP contribution >= 0.6 is 0 Å². The molecule has 1 heteroatoms. The lowest BCUT2D eigenvalue weighted by Gasteiger charge is -2.26. The van der Waals surface area contributed by atoms with Crippen LogP contribution in [0.5, 0.6) is 0 Å². The molecule has 1 N–H and O–H groups in total. The number of aliphatic hydroxyl groups is 1. The molecule has 0 fully saturated rings. The van der Waals surface area contributed by atoms with Crippen molar-refractivity contribution in [2.24, 2.45) is 5.92 Å². The molecular weight excluding hydrogens is 136 g/mol. The molecule has 0 aromatic carbocycles. The van der Waals surface area contributed by atoms with Gasteiger partial charge in [0.15, 0.2) is 0 Å². The van der Waals surface area contributed by atoms with Gasteiger partial charge in [-0.05, 0) is 46.0 Å². The van der Waals surface area contributed by atoms with Gasteiger partial charge in [-0.25, -0.2) is 0 Å². The summed E-state index contributed by atoms with van der Waals surface area (Å²) in [4.78, 5) is 0. The molecule has 1 aliphatic carbocycles. The van der Waals surface area contributed by atoms with Crippen molar-refractivity contribution in [1.82, 2.24) is 0 Å². The van der Waals surface area contributed by atoms with Crippen molar-refractivity contribution in [3.05, 3.63) is 11.1 Å². The molecule has 0 aromatic heterocycles. The van der Waals surface area contributed by atoms with Gasteiger partial charge in [-0.15, -0.1) is 0 Å². The summed E-state index contributed by atoms with van der Waals surface area (Å²) in [6, 6.07) is 0. The lowest BCUT2D eigenvalue weighted by molar-refractivity contribution is 0.116. The first-order valence-corrected chi connectivity index (χ1v) is 4.44. The number of aliphatic hydroxyl groups excluding tert-OH is 1. The van der Waals surface area contributed by atoms with Crippen LogP contribution in [-0.2, 0) is 0 Å². The van der Waals surface area contributed by atoms with Gasteiger partial charge in [0.2, 0.25) is 0 Å². The Hall–Kier alpha value is -0.300.